The highest BCUT2D eigenvalue weighted by molar-refractivity contribution is 7.07. The van der Waals surface area contributed by atoms with Crippen LogP contribution < -0.4 is 4.90 Å². The van der Waals surface area contributed by atoms with E-state index in [1.165, 1.54) is 12.1 Å². The average molecular weight is 291 g/mol. The van der Waals surface area contributed by atoms with Crippen LogP contribution in [0.1, 0.15) is 11.1 Å². The minimum atomic E-state index is -1.05. The molecule has 0 aliphatic heterocycles. The Balaban J connectivity index is 2.14. The number of rotatable bonds is 5. The van der Waals surface area contributed by atoms with Crippen LogP contribution in [0, 0.1) is 5.82 Å². The standard InChI is InChI=1S/C15H14FNO2S/c1-17(9-12-6-7-20-10-12)14-4-2-11(8-13(14)16)3-5-15(18)19/h2-8,10H,9H2,1H3,(H,18,19)/b5-3+. The number of aliphatic carboxylic acids is 1. The summed E-state index contributed by atoms with van der Waals surface area (Å²) in [5, 5.41) is 12.6. The van der Waals surface area contributed by atoms with E-state index in [9.17, 15) is 9.18 Å². The van der Waals surface area contributed by atoms with E-state index in [1.807, 2.05) is 28.8 Å². The van der Waals surface area contributed by atoms with Gasteiger partial charge >= 0.3 is 5.97 Å². The third kappa shape index (κ3) is 3.68. The minimum absolute atomic E-state index is 0.365. The lowest BCUT2D eigenvalue weighted by molar-refractivity contribution is -0.131. The summed E-state index contributed by atoms with van der Waals surface area (Å²) in [5.74, 6) is -1.42. The Bertz CT molecular complexity index is 623. The highest BCUT2D eigenvalue weighted by Gasteiger charge is 2.08. The molecule has 1 N–H and O–H groups in total. The topological polar surface area (TPSA) is 40.5 Å². The van der Waals surface area contributed by atoms with Gasteiger partial charge in [0.2, 0.25) is 0 Å². The van der Waals surface area contributed by atoms with Crippen molar-refractivity contribution in [3.8, 4) is 0 Å². The van der Waals surface area contributed by atoms with Gasteiger partial charge in [0.1, 0.15) is 5.82 Å². The van der Waals surface area contributed by atoms with Crippen molar-refractivity contribution in [1.29, 1.82) is 0 Å². The van der Waals surface area contributed by atoms with E-state index in [2.05, 4.69) is 0 Å². The summed E-state index contributed by atoms with van der Waals surface area (Å²) in [4.78, 5) is 12.2. The van der Waals surface area contributed by atoms with Crippen LogP contribution in [-0.2, 0) is 11.3 Å². The van der Waals surface area contributed by atoms with Crippen molar-refractivity contribution < 1.29 is 14.3 Å². The van der Waals surface area contributed by atoms with Gasteiger partial charge in [-0.15, -0.1) is 0 Å². The van der Waals surface area contributed by atoms with Crippen molar-refractivity contribution in [2.24, 2.45) is 0 Å². The van der Waals surface area contributed by atoms with Crippen LogP contribution in [0.2, 0.25) is 0 Å². The van der Waals surface area contributed by atoms with Gasteiger partial charge in [-0.25, -0.2) is 9.18 Å². The van der Waals surface area contributed by atoms with Crippen molar-refractivity contribution >= 4 is 29.1 Å². The molecule has 20 heavy (non-hydrogen) atoms. The molecule has 5 heteroatoms. The van der Waals surface area contributed by atoms with Gasteiger partial charge in [-0.2, -0.15) is 11.3 Å². The molecule has 0 radical (unpaired) electrons. The number of carboxylic acids is 1. The normalized spacial score (nSPS) is 10.9. The van der Waals surface area contributed by atoms with Gasteiger partial charge in [-0.05, 0) is 46.2 Å². The highest BCUT2D eigenvalue weighted by atomic mass is 32.1. The molecule has 1 heterocycles. The van der Waals surface area contributed by atoms with Crippen molar-refractivity contribution in [2.45, 2.75) is 6.54 Å². The molecule has 2 aromatic rings. The SMILES string of the molecule is CN(Cc1ccsc1)c1ccc(/C=C/C(=O)O)cc1F. The summed E-state index contributed by atoms with van der Waals surface area (Å²) in [6.07, 6.45) is 2.36. The first kappa shape index (κ1) is 14.3. The van der Waals surface area contributed by atoms with Crippen molar-refractivity contribution in [1.82, 2.24) is 0 Å². The molecule has 0 aliphatic rings. The lowest BCUT2D eigenvalue weighted by Crippen LogP contribution is -2.17. The van der Waals surface area contributed by atoms with E-state index in [1.54, 1.807) is 23.5 Å². The van der Waals surface area contributed by atoms with Gasteiger partial charge in [0.05, 0.1) is 5.69 Å². The quantitative estimate of drug-likeness (QED) is 0.855. The first-order chi connectivity index (χ1) is 9.56. The first-order valence-corrected chi connectivity index (χ1v) is 6.93. The zero-order valence-electron chi connectivity index (χ0n) is 10.9. The summed E-state index contributed by atoms with van der Waals surface area (Å²) in [7, 11) is 1.82. The monoisotopic (exact) mass is 291 g/mol. The number of anilines is 1. The number of nitrogens with zero attached hydrogens (tertiary/aromatic N) is 1. The molecule has 1 aromatic carbocycles. The smallest absolute Gasteiger partial charge is 0.328 e. The number of halogens is 1. The van der Waals surface area contributed by atoms with Gasteiger partial charge in [0.15, 0.2) is 0 Å². The number of thiophene rings is 1. The molecule has 0 atom stereocenters. The molecule has 0 bridgehead atoms. The van der Waals surface area contributed by atoms with Crippen LogP contribution in [0.15, 0.2) is 41.1 Å². The molecule has 0 spiro atoms. The molecule has 0 fully saturated rings. The van der Waals surface area contributed by atoms with E-state index in [0.29, 0.717) is 17.8 Å². The van der Waals surface area contributed by atoms with Crippen LogP contribution in [0.25, 0.3) is 6.08 Å². The Hall–Kier alpha value is -2.14. The summed E-state index contributed by atoms with van der Waals surface area (Å²) < 4.78 is 14.0. The lowest BCUT2D eigenvalue weighted by Gasteiger charge is -2.19. The minimum Gasteiger partial charge on any atom is -0.478 e. The molecule has 0 saturated heterocycles. The second kappa shape index (κ2) is 6.34. The fraction of sp³-hybridized carbons (Fsp3) is 0.133. The molecule has 104 valence electrons. The van der Waals surface area contributed by atoms with Crippen molar-refractivity contribution in [2.75, 3.05) is 11.9 Å². The third-order valence-corrected chi connectivity index (χ3v) is 3.53. The van der Waals surface area contributed by atoms with Crippen LogP contribution >= 0.6 is 11.3 Å². The number of hydrogen-bond donors (Lipinski definition) is 1. The molecule has 3 nitrogen and oxygen atoms in total. The molecular formula is C15H14FNO2S. The zero-order chi connectivity index (χ0) is 14.5. The van der Waals surface area contributed by atoms with Gasteiger partial charge in [0, 0.05) is 19.7 Å². The number of hydrogen-bond acceptors (Lipinski definition) is 3. The zero-order valence-corrected chi connectivity index (χ0v) is 11.7. The molecule has 0 unspecified atom stereocenters. The van der Waals surface area contributed by atoms with Gasteiger partial charge in [0.25, 0.3) is 0 Å². The summed E-state index contributed by atoms with van der Waals surface area (Å²) in [6, 6.07) is 6.69. The van der Waals surface area contributed by atoms with Crippen molar-refractivity contribution in [3.63, 3.8) is 0 Å². The third-order valence-electron chi connectivity index (χ3n) is 2.80. The van der Waals surface area contributed by atoms with Crippen LogP contribution in [-0.4, -0.2) is 18.1 Å². The van der Waals surface area contributed by atoms with Gasteiger partial charge in [-0.3, -0.25) is 0 Å². The maximum absolute atomic E-state index is 14.0. The van der Waals surface area contributed by atoms with Crippen LogP contribution in [0.4, 0.5) is 10.1 Å². The molecule has 2 rings (SSSR count). The number of benzene rings is 1. The second-order valence-electron chi connectivity index (χ2n) is 4.37. The summed E-state index contributed by atoms with van der Waals surface area (Å²) >= 11 is 1.61. The molecule has 0 amide bonds. The average Bonchev–Trinajstić information content (AvgIpc) is 2.89. The summed E-state index contributed by atoms with van der Waals surface area (Å²) in [6.45, 7) is 0.630. The van der Waals surface area contributed by atoms with Crippen molar-refractivity contribution in [3.05, 3.63) is 58.0 Å². The second-order valence-corrected chi connectivity index (χ2v) is 5.15. The van der Waals surface area contributed by atoms with E-state index in [-0.39, 0.29) is 5.82 Å². The maximum Gasteiger partial charge on any atom is 0.328 e. The molecule has 0 saturated carbocycles. The Labute approximate surface area is 120 Å². The van der Waals surface area contributed by atoms with E-state index < -0.39 is 5.97 Å². The number of carbonyl (C=O) groups is 1. The number of carboxylic acid groups (broad SMARTS) is 1. The Morgan fingerprint density at radius 2 is 2.25 bits per heavy atom. The van der Waals surface area contributed by atoms with E-state index in [4.69, 9.17) is 5.11 Å². The molecular weight excluding hydrogens is 277 g/mol. The predicted molar refractivity (Wildman–Crippen MR) is 79.5 cm³/mol. The van der Waals surface area contributed by atoms with Gasteiger partial charge in [-0.1, -0.05) is 6.07 Å². The fourth-order valence-electron chi connectivity index (χ4n) is 1.85. The van der Waals surface area contributed by atoms with Crippen LogP contribution in [0.3, 0.4) is 0 Å². The van der Waals surface area contributed by atoms with Crippen LogP contribution in [0.5, 0.6) is 0 Å². The lowest BCUT2D eigenvalue weighted by atomic mass is 10.1. The predicted octanol–water partition coefficient (Wildman–Crippen LogP) is 3.62. The van der Waals surface area contributed by atoms with Gasteiger partial charge < -0.3 is 10.0 Å². The Morgan fingerprint density at radius 3 is 2.85 bits per heavy atom. The Kier molecular flexibility index (Phi) is 4.53. The highest BCUT2D eigenvalue weighted by Crippen LogP contribution is 2.22. The summed E-state index contributed by atoms with van der Waals surface area (Å²) in [5.41, 5.74) is 2.15. The maximum atomic E-state index is 14.0. The fourth-order valence-corrected chi connectivity index (χ4v) is 2.51. The largest absolute Gasteiger partial charge is 0.478 e. The van der Waals surface area contributed by atoms with E-state index in [0.717, 1.165) is 11.6 Å². The Morgan fingerprint density at radius 1 is 1.45 bits per heavy atom. The van der Waals surface area contributed by atoms with E-state index >= 15 is 0 Å². The first-order valence-electron chi connectivity index (χ1n) is 5.99. The molecule has 1 aromatic heterocycles. The molecule has 0 aliphatic carbocycles.